The molecule has 0 aromatic carbocycles. The Bertz CT molecular complexity index is 350. The van der Waals surface area contributed by atoms with Crippen molar-refractivity contribution in [2.45, 2.75) is 45.3 Å². The Hall–Kier alpha value is -1.13. The Morgan fingerprint density at radius 2 is 1.94 bits per heavy atom. The number of pyridine rings is 1. The van der Waals surface area contributed by atoms with Gasteiger partial charge < -0.3 is 14.9 Å². The summed E-state index contributed by atoms with van der Waals surface area (Å²) < 4.78 is 5.32. The van der Waals surface area contributed by atoms with Crippen LogP contribution in [-0.4, -0.2) is 27.4 Å². The second-order valence-electron chi connectivity index (χ2n) is 4.10. The van der Waals surface area contributed by atoms with Gasteiger partial charge in [0.05, 0.1) is 18.4 Å². The topological polar surface area (TPSA) is 62.6 Å². The number of rotatable bonds is 6. The molecule has 4 nitrogen and oxygen atoms in total. The summed E-state index contributed by atoms with van der Waals surface area (Å²) in [5, 5.41) is 20.4. The fourth-order valence-corrected chi connectivity index (χ4v) is 1.78. The molecular formula is C13H21NO3. The van der Waals surface area contributed by atoms with Gasteiger partial charge in [-0.05, 0) is 25.8 Å². The predicted molar refractivity (Wildman–Crippen MR) is 65.9 cm³/mol. The largest absolute Gasteiger partial charge is 0.492 e. The molecule has 0 aliphatic carbocycles. The van der Waals surface area contributed by atoms with Crippen LogP contribution in [-0.2, 0) is 0 Å². The molecule has 0 amide bonds. The van der Waals surface area contributed by atoms with Crippen molar-refractivity contribution in [3.63, 3.8) is 0 Å². The van der Waals surface area contributed by atoms with Gasteiger partial charge in [0, 0.05) is 11.8 Å². The van der Waals surface area contributed by atoms with Crippen LogP contribution in [0.3, 0.4) is 0 Å². The second-order valence-corrected chi connectivity index (χ2v) is 4.10. The maximum atomic E-state index is 10.3. The van der Waals surface area contributed by atoms with Gasteiger partial charge in [-0.3, -0.25) is 4.98 Å². The van der Waals surface area contributed by atoms with Crippen molar-refractivity contribution >= 4 is 0 Å². The first-order chi connectivity index (χ1) is 8.07. The minimum Gasteiger partial charge on any atom is -0.492 e. The van der Waals surface area contributed by atoms with Crippen molar-refractivity contribution in [3.05, 3.63) is 24.0 Å². The summed E-state index contributed by atoms with van der Waals surface area (Å²) in [5.74, 6) is 0.610. The van der Waals surface area contributed by atoms with E-state index in [1.807, 2.05) is 20.8 Å². The Balaban J connectivity index is 2.95. The summed E-state index contributed by atoms with van der Waals surface area (Å²) in [5.41, 5.74) is -0.519. The van der Waals surface area contributed by atoms with Crippen LogP contribution in [0.1, 0.15) is 45.3 Å². The smallest absolute Gasteiger partial charge is 0.137 e. The maximum absolute atomic E-state index is 10.3. The summed E-state index contributed by atoms with van der Waals surface area (Å²) in [4.78, 5) is 4.01. The van der Waals surface area contributed by atoms with E-state index >= 15 is 0 Å². The summed E-state index contributed by atoms with van der Waals surface area (Å²) >= 11 is 0. The highest BCUT2D eigenvalue weighted by molar-refractivity contribution is 5.26. The van der Waals surface area contributed by atoms with Crippen LogP contribution in [0.25, 0.3) is 0 Å². The van der Waals surface area contributed by atoms with Crippen LogP contribution in [0.4, 0.5) is 0 Å². The molecule has 1 aromatic rings. The zero-order valence-electron chi connectivity index (χ0n) is 10.7. The van der Waals surface area contributed by atoms with Crippen LogP contribution < -0.4 is 4.74 Å². The normalized spacial score (nSPS) is 13.5. The van der Waals surface area contributed by atoms with E-state index in [0.29, 0.717) is 30.8 Å². The Morgan fingerprint density at radius 1 is 1.29 bits per heavy atom. The lowest BCUT2D eigenvalue weighted by atomic mass is 9.87. The fraction of sp³-hybridized carbons (Fsp3) is 0.615. The molecule has 96 valence electrons. The van der Waals surface area contributed by atoms with Crippen LogP contribution in [0.2, 0.25) is 0 Å². The maximum Gasteiger partial charge on any atom is 0.137 e. The molecule has 2 N–H and O–H groups in total. The highest BCUT2D eigenvalue weighted by atomic mass is 16.5. The van der Waals surface area contributed by atoms with Crippen molar-refractivity contribution < 1.29 is 14.9 Å². The molecule has 0 fully saturated rings. The van der Waals surface area contributed by atoms with Crippen molar-refractivity contribution in [3.8, 4) is 5.75 Å². The number of aromatic nitrogens is 1. The number of hydrogen-bond acceptors (Lipinski definition) is 4. The number of hydrogen-bond donors (Lipinski definition) is 2. The molecule has 1 atom stereocenters. The molecule has 0 aliphatic rings. The molecule has 1 aromatic heterocycles. The molecule has 1 unspecified atom stereocenters. The Morgan fingerprint density at radius 3 is 2.47 bits per heavy atom. The van der Waals surface area contributed by atoms with E-state index in [4.69, 9.17) is 4.74 Å². The number of aliphatic hydroxyl groups excluding tert-OH is 1. The molecule has 17 heavy (non-hydrogen) atoms. The second kappa shape index (κ2) is 5.98. The molecule has 0 aliphatic heterocycles. The molecule has 1 rings (SSSR count). The van der Waals surface area contributed by atoms with Crippen molar-refractivity contribution in [2.24, 2.45) is 0 Å². The summed E-state index contributed by atoms with van der Waals surface area (Å²) in [7, 11) is 0. The molecule has 4 heteroatoms. The van der Waals surface area contributed by atoms with Crippen molar-refractivity contribution in [1.82, 2.24) is 4.98 Å². The van der Waals surface area contributed by atoms with E-state index < -0.39 is 11.7 Å². The zero-order valence-corrected chi connectivity index (χ0v) is 10.7. The van der Waals surface area contributed by atoms with Gasteiger partial charge in [-0.25, -0.2) is 0 Å². The molecule has 0 spiro atoms. The van der Waals surface area contributed by atoms with Gasteiger partial charge in [0.2, 0.25) is 0 Å². The predicted octanol–water partition coefficient (Wildman–Crippen LogP) is 2.06. The SMILES string of the molecule is CCOc1cncc(C(O)C(O)(CC)CC)c1. The highest BCUT2D eigenvalue weighted by Crippen LogP contribution is 2.32. The first-order valence-corrected chi connectivity index (χ1v) is 6.05. The van der Waals surface area contributed by atoms with Gasteiger partial charge in [0.1, 0.15) is 11.9 Å². The van der Waals surface area contributed by atoms with Crippen LogP contribution >= 0.6 is 0 Å². The van der Waals surface area contributed by atoms with E-state index in [2.05, 4.69) is 4.98 Å². The number of aliphatic hydroxyl groups is 2. The lowest BCUT2D eigenvalue weighted by Gasteiger charge is -2.31. The minimum atomic E-state index is -1.10. The van der Waals surface area contributed by atoms with Crippen molar-refractivity contribution in [1.29, 1.82) is 0 Å². The van der Waals surface area contributed by atoms with E-state index in [1.165, 1.54) is 0 Å². The minimum absolute atomic E-state index is 0.490. The summed E-state index contributed by atoms with van der Waals surface area (Å²) in [6.07, 6.45) is 3.19. The van der Waals surface area contributed by atoms with E-state index in [9.17, 15) is 10.2 Å². The van der Waals surface area contributed by atoms with Crippen LogP contribution in [0.15, 0.2) is 18.5 Å². The van der Waals surface area contributed by atoms with Crippen LogP contribution in [0, 0.1) is 0 Å². The van der Waals surface area contributed by atoms with Gasteiger partial charge in [0.15, 0.2) is 0 Å². The average Bonchev–Trinajstić information content (AvgIpc) is 2.37. The zero-order chi connectivity index (χ0) is 12.9. The molecule has 0 saturated carbocycles. The van der Waals surface area contributed by atoms with E-state index in [0.717, 1.165) is 0 Å². The first-order valence-electron chi connectivity index (χ1n) is 6.05. The molecular weight excluding hydrogens is 218 g/mol. The van der Waals surface area contributed by atoms with E-state index in [-0.39, 0.29) is 0 Å². The Labute approximate surface area is 102 Å². The molecule has 0 bridgehead atoms. The molecule has 1 heterocycles. The molecule has 0 radical (unpaired) electrons. The van der Waals surface area contributed by atoms with Crippen LogP contribution in [0.5, 0.6) is 5.75 Å². The lowest BCUT2D eigenvalue weighted by molar-refractivity contribution is -0.0822. The van der Waals surface area contributed by atoms with E-state index in [1.54, 1.807) is 18.5 Å². The van der Waals surface area contributed by atoms with Crippen molar-refractivity contribution in [2.75, 3.05) is 6.61 Å². The third-order valence-electron chi connectivity index (χ3n) is 3.09. The summed E-state index contributed by atoms with van der Waals surface area (Å²) in [6, 6.07) is 1.72. The summed E-state index contributed by atoms with van der Waals surface area (Å²) in [6.45, 7) is 6.14. The Kier molecular flexibility index (Phi) is 4.90. The number of nitrogens with zero attached hydrogens (tertiary/aromatic N) is 1. The lowest BCUT2D eigenvalue weighted by Crippen LogP contribution is -2.34. The van der Waals surface area contributed by atoms with Gasteiger partial charge >= 0.3 is 0 Å². The number of ether oxygens (including phenoxy) is 1. The molecule has 0 saturated heterocycles. The van der Waals surface area contributed by atoms with Gasteiger partial charge in [-0.2, -0.15) is 0 Å². The third kappa shape index (κ3) is 3.17. The quantitative estimate of drug-likeness (QED) is 0.797. The first kappa shape index (κ1) is 13.9. The standard InChI is InChI=1S/C13H21NO3/c1-4-13(16,5-2)12(15)10-7-11(17-6-3)9-14-8-10/h7-9,12,15-16H,4-6H2,1-3H3. The fourth-order valence-electron chi connectivity index (χ4n) is 1.78. The van der Waals surface area contributed by atoms with Gasteiger partial charge in [0.25, 0.3) is 0 Å². The monoisotopic (exact) mass is 239 g/mol. The van der Waals surface area contributed by atoms with Gasteiger partial charge in [-0.15, -0.1) is 0 Å². The highest BCUT2D eigenvalue weighted by Gasteiger charge is 2.33. The van der Waals surface area contributed by atoms with Gasteiger partial charge in [-0.1, -0.05) is 13.8 Å². The third-order valence-corrected chi connectivity index (χ3v) is 3.09. The average molecular weight is 239 g/mol.